The third-order valence-corrected chi connectivity index (χ3v) is 3.81. The van der Waals surface area contributed by atoms with Gasteiger partial charge in [0, 0.05) is 12.8 Å². The molecule has 2 atom stereocenters. The van der Waals surface area contributed by atoms with E-state index in [1.165, 1.54) is 0 Å². The van der Waals surface area contributed by atoms with E-state index in [4.69, 9.17) is 29.9 Å². The van der Waals surface area contributed by atoms with Crippen LogP contribution in [0.4, 0.5) is 0 Å². The summed E-state index contributed by atoms with van der Waals surface area (Å²) in [7, 11) is 0. The first-order valence-electron chi connectivity index (χ1n) is 9.38. The van der Waals surface area contributed by atoms with Crippen molar-refractivity contribution in [3.63, 3.8) is 0 Å². The van der Waals surface area contributed by atoms with E-state index in [1.54, 1.807) is 0 Å². The van der Waals surface area contributed by atoms with E-state index in [0.717, 1.165) is 51.4 Å². The molecule has 0 aliphatic rings. The maximum atomic E-state index is 11.3. The SMILES string of the molecule is O=C(CCCCCCCCCCC(=O)OCC(O)CO)OCC(O)CO. The molecule has 8 heteroatoms. The van der Waals surface area contributed by atoms with Gasteiger partial charge in [0.1, 0.15) is 25.4 Å². The lowest BCUT2D eigenvalue weighted by Gasteiger charge is -2.08. The molecule has 0 saturated heterocycles. The molecule has 0 rings (SSSR count). The Bertz CT molecular complexity index is 327. The van der Waals surface area contributed by atoms with Gasteiger partial charge in [-0.2, -0.15) is 0 Å². The van der Waals surface area contributed by atoms with Crippen molar-refractivity contribution in [3.8, 4) is 0 Å². The second-order valence-electron chi connectivity index (χ2n) is 6.37. The highest BCUT2D eigenvalue weighted by Gasteiger charge is 2.08. The summed E-state index contributed by atoms with van der Waals surface area (Å²) in [6, 6.07) is 0. The zero-order valence-corrected chi connectivity index (χ0v) is 15.5. The summed E-state index contributed by atoms with van der Waals surface area (Å²) >= 11 is 0. The third kappa shape index (κ3) is 16.3. The standard InChI is InChI=1S/C18H34O8/c19-11-15(21)13-25-17(23)9-7-5-3-1-2-4-6-8-10-18(24)26-14-16(22)12-20/h15-16,19-22H,1-14H2. The number of esters is 2. The van der Waals surface area contributed by atoms with E-state index in [2.05, 4.69) is 0 Å². The highest BCUT2D eigenvalue weighted by Crippen LogP contribution is 2.11. The number of rotatable bonds is 17. The number of aliphatic hydroxyl groups excluding tert-OH is 4. The van der Waals surface area contributed by atoms with Gasteiger partial charge in [-0.3, -0.25) is 9.59 Å². The molecule has 0 fully saturated rings. The molecule has 154 valence electrons. The van der Waals surface area contributed by atoms with Gasteiger partial charge in [0.2, 0.25) is 0 Å². The van der Waals surface area contributed by atoms with Crippen LogP contribution in [0, 0.1) is 0 Å². The highest BCUT2D eigenvalue weighted by molar-refractivity contribution is 5.69. The Hall–Kier alpha value is -1.22. The molecule has 8 nitrogen and oxygen atoms in total. The maximum absolute atomic E-state index is 11.3. The number of unbranched alkanes of at least 4 members (excludes halogenated alkanes) is 7. The van der Waals surface area contributed by atoms with Crippen molar-refractivity contribution >= 4 is 11.9 Å². The van der Waals surface area contributed by atoms with Gasteiger partial charge in [-0.15, -0.1) is 0 Å². The quantitative estimate of drug-likeness (QED) is 0.214. The molecule has 0 aliphatic heterocycles. The number of ether oxygens (including phenoxy) is 2. The second-order valence-corrected chi connectivity index (χ2v) is 6.37. The normalized spacial score (nSPS) is 13.2. The van der Waals surface area contributed by atoms with Crippen LogP contribution < -0.4 is 0 Å². The van der Waals surface area contributed by atoms with Crippen LogP contribution in [0.3, 0.4) is 0 Å². The Balaban J connectivity index is 3.31. The van der Waals surface area contributed by atoms with Gasteiger partial charge in [-0.05, 0) is 12.8 Å². The minimum Gasteiger partial charge on any atom is -0.463 e. The predicted molar refractivity (Wildman–Crippen MR) is 94.3 cm³/mol. The second kappa shape index (κ2) is 17.2. The van der Waals surface area contributed by atoms with Gasteiger partial charge in [0.05, 0.1) is 13.2 Å². The van der Waals surface area contributed by atoms with Crippen LogP contribution >= 0.6 is 0 Å². The molecule has 0 aliphatic carbocycles. The average molecular weight is 378 g/mol. The van der Waals surface area contributed by atoms with Crippen LogP contribution in [0.2, 0.25) is 0 Å². The molecule has 26 heavy (non-hydrogen) atoms. The van der Waals surface area contributed by atoms with E-state index in [1.807, 2.05) is 0 Å². The number of hydrogen-bond acceptors (Lipinski definition) is 8. The predicted octanol–water partition coefficient (Wildman–Crippen LogP) is 0.680. The summed E-state index contributed by atoms with van der Waals surface area (Å²) in [4.78, 5) is 22.7. The van der Waals surface area contributed by atoms with Crippen LogP contribution in [-0.4, -0.2) is 71.0 Å². The van der Waals surface area contributed by atoms with Crippen LogP contribution in [0.5, 0.6) is 0 Å². The van der Waals surface area contributed by atoms with Crippen LogP contribution in [0.15, 0.2) is 0 Å². The summed E-state index contributed by atoms with van der Waals surface area (Å²) in [6.45, 7) is -1.15. The third-order valence-electron chi connectivity index (χ3n) is 3.81. The minimum absolute atomic E-state index is 0.162. The van der Waals surface area contributed by atoms with Gasteiger partial charge in [0.15, 0.2) is 0 Å². The Kier molecular flexibility index (Phi) is 16.4. The minimum atomic E-state index is -1.01. The van der Waals surface area contributed by atoms with E-state index in [-0.39, 0.29) is 25.2 Å². The fraction of sp³-hybridized carbons (Fsp3) is 0.889. The van der Waals surface area contributed by atoms with Gasteiger partial charge in [0.25, 0.3) is 0 Å². The Morgan fingerprint density at radius 2 is 0.923 bits per heavy atom. The van der Waals surface area contributed by atoms with Gasteiger partial charge < -0.3 is 29.9 Å². The number of hydrogen-bond donors (Lipinski definition) is 4. The fourth-order valence-electron chi connectivity index (χ4n) is 2.23. The summed E-state index contributed by atoms with van der Waals surface area (Å²) in [5, 5.41) is 35.3. The zero-order chi connectivity index (χ0) is 19.6. The van der Waals surface area contributed by atoms with Crippen LogP contribution in [0.25, 0.3) is 0 Å². The molecule has 0 amide bonds. The molecule has 0 radical (unpaired) electrons. The highest BCUT2D eigenvalue weighted by atomic mass is 16.5. The van der Waals surface area contributed by atoms with E-state index in [9.17, 15) is 9.59 Å². The van der Waals surface area contributed by atoms with E-state index in [0.29, 0.717) is 12.8 Å². The average Bonchev–Trinajstić information content (AvgIpc) is 2.65. The van der Waals surface area contributed by atoms with Gasteiger partial charge in [-0.25, -0.2) is 0 Å². The van der Waals surface area contributed by atoms with Crippen molar-refractivity contribution in [2.75, 3.05) is 26.4 Å². The molecule has 0 saturated carbocycles. The number of aliphatic hydroxyl groups is 4. The zero-order valence-electron chi connectivity index (χ0n) is 15.5. The van der Waals surface area contributed by atoms with Crippen molar-refractivity contribution in [2.45, 2.75) is 76.4 Å². The lowest BCUT2D eigenvalue weighted by molar-refractivity contribution is -0.148. The van der Waals surface area contributed by atoms with Crippen LogP contribution in [-0.2, 0) is 19.1 Å². The Labute approximate surface area is 155 Å². The smallest absolute Gasteiger partial charge is 0.305 e. The first-order chi connectivity index (χ1) is 12.5. The van der Waals surface area contributed by atoms with Gasteiger partial charge >= 0.3 is 11.9 Å². The summed E-state index contributed by atoms with van der Waals surface area (Å²) in [6.07, 6.45) is 6.24. The molecule has 0 aromatic carbocycles. The largest absolute Gasteiger partial charge is 0.463 e. The molecule has 2 unspecified atom stereocenters. The van der Waals surface area contributed by atoms with E-state index < -0.39 is 25.4 Å². The van der Waals surface area contributed by atoms with Crippen molar-refractivity contribution in [1.29, 1.82) is 0 Å². The van der Waals surface area contributed by atoms with Gasteiger partial charge in [-0.1, -0.05) is 38.5 Å². The molecular weight excluding hydrogens is 344 g/mol. The summed E-state index contributed by atoms with van der Waals surface area (Å²) < 4.78 is 9.62. The monoisotopic (exact) mass is 378 g/mol. The maximum Gasteiger partial charge on any atom is 0.305 e. The first-order valence-corrected chi connectivity index (χ1v) is 9.38. The molecule has 4 N–H and O–H groups in total. The van der Waals surface area contributed by atoms with Crippen molar-refractivity contribution in [2.24, 2.45) is 0 Å². The fourth-order valence-corrected chi connectivity index (χ4v) is 2.23. The van der Waals surface area contributed by atoms with Crippen molar-refractivity contribution in [3.05, 3.63) is 0 Å². The summed E-state index contributed by atoms with van der Waals surface area (Å²) in [5.74, 6) is -0.702. The first kappa shape index (κ1) is 24.8. The van der Waals surface area contributed by atoms with E-state index >= 15 is 0 Å². The van der Waals surface area contributed by atoms with Crippen molar-refractivity contribution < 1.29 is 39.5 Å². The van der Waals surface area contributed by atoms with Crippen molar-refractivity contribution in [1.82, 2.24) is 0 Å². The number of carbonyl (C=O) groups is 2. The lowest BCUT2D eigenvalue weighted by atomic mass is 10.1. The molecule has 0 aromatic heterocycles. The summed E-state index contributed by atoms with van der Waals surface area (Å²) in [5.41, 5.74) is 0. The molecule has 0 heterocycles. The number of carbonyl (C=O) groups excluding carboxylic acids is 2. The topological polar surface area (TPSA) is 134 Å². The molecule has 0 aromatic rings. The molecule has 0 bridgehead atoms. The Morgan fingerprint density at radius 3 is 1.23 bits per heavy atom. The lowest BCUT2D eigenvalue weighted by Crippen LogP contribution is -2.21. The Morgan fingerprint density at radius 1 is 0.615 bits per heavy atom. The molecule has 0 spiro atoms. The van der Waals surface area contributed by atoms with Crippen LogP contribution in [0.1, 0.15) is 64.2 Å². The molecular formula is C18H34O8.